The molecule has 11 heavy (non-hydrogen) atoms. The molecular weight excluding hydrogens is 162 g/mol. The number of nitrogens with one attached hydrogen (secondary N) is 1. The van der Waals surface area contributed by atoms with E-state index in [4.69, 9.17) is 9.57 Å². The summed E-state index contributed by atoms with van der Waals surface area (Å²) >= 11 is 1.85. The number of rotatable bonds is 8. The summed E-state index contributed by atoms with van der Waals surface area (Å²) < 4.78 is 4.80. The highest BCUT2D eigenvalue weighted by Crippen LogP contribution is 1.92. The van der Waals surface area contributed by atoms with Gasteiger partial charge in [0.25, 0.3) is 0 Å². The Kier molecular flexibility index (Phi) is 10.4. The molecule has 0 unspecified atom stereocenters. The Bertz CT molecular complexity index is 65.5. The first-order chi connectivity index (χ1) is 5.41. The minimum atomic E-state index is 0.621. The van der Waals surface area contributed by atoms with E-state index in [2.05, 4.69) is 11.7 Å². The van der Waals surface area contributed by atoms with Crippen LogP contribution < -0.4 is 5.48 Å². The van der Waals surface area contributed by atoms with E-state index >= 15 is 0 Å². The van der Waals surface area contributed by atoms with Crippen molar-refractivity contribution in [2.24, 2.45) is 0 Å². The van der Waals surface area contributed by atoms with Crippen LogP contribution in [0, 0.1) is 0 Å². The lowest BCUT2D eigenvalue weighted by Gasteiger charge is -2.03. The summed E-state index contributed by atoms with van der Waals surface area (Å²) in [5, 5.41) is 0. The van der Waals surface area contributed by atoms with Crippen molar-refractivity contribution in [1.82, 2.24) is 5.48 Å². The van der Waals surface area contributed by atoms with Gasteiger partial charge >= 0.3 is 0 Å². The van der Waals surface area contributed by atoms with Gasteiger partial charge in [0.1, 0.15) is 0 Å². The minimum Gasteiger partial charge on any atom is -0.382 e. The molecule has 4 heteroatoms. The molecule has 0 heterocycles. The molecular formula is C7H17NO2S. The van der Waals surface area contributed by atoms with Crippen LogP contribution in [0.4, 0.5) is 0 Å². The SMILES string of the molecule is COCCONCCCSC. The number of hydroxylamine groups is 1. The quantitative estimate of drug-likeness (QED) is 0.443. The molecule has 0 amide bonds. The van der Waals surface area contributed by atoms with Crippen molar-refractivity contribution in [3.63, 3.8) is 0 Å². The number of hydrogen-bond acceptors (Lipinski definition) is 4. The standard InChI is InChI=1S/C7H17NO2S/c1-9-5-6-10-8-4-3-7-11-2/h8H,3-7H2,1-2H3. The number of hydrogen-bond donors (Lipinski definition) is 1. The van der Waals surface area contributed by atoms with Crippen LogP contribution in [0.25, 0.3) is 0 Å². The van der Waals surface area contributed by atoms with Gasteiger partial charge in [-0.05, 0) is 18.4 Å². The van der Waals surface area contributed by atoms with Crippen LogP contribution in [0.2, 0.25) is 0 Å². The van der Waals surface area contributed by atoms with Crippen LogP contribution in [0.3, 0.4) is 0 Å². The Hall–Kier alpha value is 0.230. The fourth-order valence-electron chi connectivity index (χ4n) is 0.558. The zero-order valence-electron chi connectivity index (χ0n) is 7.26. The van der Waals surface area contributed by atoms with E-state index in [1.54, 1.807) is 7.11 Å². The van der Waals surface area contributed by atoms with Gasteiger partial charge in [0, 0.05) is 13.7 Å². The van der Waals surface area contributed by atoms with Crippen molar-refractivity contribution in [2.75, 3.05) is 38.9 Å². The molecule has 0 aromatic heterocycles. The molecule has 0 bridgehead atoms. The molecule has 1 N–H and O–H groups in total. The van der Waals surface area contributed by atoms with Gasteiger partial charge in [0.05, 0.1) is 13.2 Å². The van der Waals surface area contributed by atoms with E-state index in [0.717, 1.165) is 13.0 Å². The minimum absolute atomic E-state index is 0.621. The monoisotopic (exact) mass is 179 g/mol. The summed E-state index contributed by atoms with van der Waals surface area (Å²) in [5.41, 5.74) is 2.86. The highest BCUT2D eigenvalue weighted by atomic mass is 32.2. The normalized spacial score (nSPS) is 10.4. The van der Waals surface area contributed by atoms with Gasteiger partial charge in [-0.25, -0.2) is 5.48 Å². The molecule has 0 saturated heterocycles. The Balaban J connectivity index is 2.69. The predicted octanol–water partition coefficient (Wildman–Crippen LogP) is 0.907. The molecule has 0 aromatic carbocycles. The van der Waals surface area contributed by atoms with Gasteiger partial charge in [-0.1, -0.05) is 0 Å². The van der Waals surface area contributed by atoms with E-state index < -0.39 is 0 Å². The second-order valence-corrected chi connectivity index (χ2v) is 3.07. The maximum absolute atomic E-state index is 5.04. The van der Waals surface area contributed by atoms with Crippen molar-refractivity contribution in [1.29, 1.82) is 0 Å². The fraction of sp³-hybridized carbons (Fsp3) is 1.00. The molecule has 0 atom stereocenters. The highest BCUT2D eigenvalue weighted by Gasteiger charge is 1.86. The molecule has 0 radical (unpaired) electrons. The van der Waals surface area contributed by atoms with Gasteiger partial charge in [-0.2, -0.15) is 11.8 Å². The Morgan fingerprint density at radius 1 is 1.36 bits per heavy atom. The first kappa shape index (κ1) is 11.2. The van der Waals surface area contributed by atoms with Gasteiger partial charge in [0.2, 0.25) is 0 Å². The van der Waals surface area contributed by atoms with Gasteiger partial charge in [-0.15, -0.1) is 0 Å². The molecule has 0 fully saturated rings. The first-order valence-corrected chi connectivity index (χ1v) is 5.13. The van der Waals surface area contributed by atoms with Gasteiger partial charge < -0.3 is 4.74 Å². The van der Waals surface area contributed by atoms with E-state index in [-0.39, 0.29) is 0 Å². The second-order valence-electron chi connectivity index (χ2n) is 2.08. The Labute approximate surface area is 72.8 Å². The summed E-state index contributed by atoms with van der Waals surface area (Å²) in [5.74, 6) is 1.18. The summed E-state index contributed by atoms with van der Waals surface area (Å²) in [6.07, 6.45) is 3.25. The van der Waals surface area contributed by atoms with Crippen LogP contribution in [0.1, 0.15) is 6.42 Å². The van der Waals surface area contributed by atoms with Crippen molar-refractivity contribution < 1.29 is 9.57 Å². The number of thioether (sulfide) groups is 1. The van der Waals surface area contributed by atoms with Crippen LogP contribution in [-0.2, 0) is 9.57 Å². The van der Waals surface area contributed by atoms with Gasteiger partial charge in [-0.3, -0.25) is 4.84 Å². The molecule has 0 aromatic rings. The second kappa shape index (κ2) is 10.2. The third kappa shape index (κ3) is 10.2. The first-order valence-electron chi connectivity index (χ1n) is 3.74. The molecule has 0 saturated carbocycles. The Morgan fingerprint density at radius 3 is 2.82 bits per heavy atom. The fourth-order valence-corrected chi connectivity index (χ4v) is 0.991. The molecule has 0 aliphatic rings. The van der Waals surface area contributed by atoms with E-state index in [0.29, 0.717) is 13.2 Å². The van der Waals surface area contributed by atoms with Gasteiger partial charge in [0.15, 0.2) is 0 Å². The third-order valence-corrected chi connectivity index (χ3v) is 1.82. The summed E-state index contributed by atoms with van der Waals surface area (Å²) in [6, 6.07) is 0. The van der Waals surface area contributed by atoms with Crippen LogP contribution in [0.5, 0.6) is 0 Å². The van der Waals surface area contributed by atoms with E-state index in [9.17, 15) is 0 Å². The zero-order valence-corrected chi connectivity index (χ0v) is 8.08. The van der Waals surface area contributed by atoms with E-state index in [1.165, 1.54) is 5.75 Å². The van der Waals surface area contributed by atoms with Crippen LogP contribution in [-0.4, -0.2) is 38.9 Å². The van der Waals surface area contributed by atoms with E-state index in [1.807, 2.05) is 11.8 Å². The van der Waals surface area contributed by atoms with Crippen molar-refractivity contribution in [2.45, 2.75) is 6.42 Å². The zero-order chi connectivity index (χ0) is 8.36. The lowest BCUT2D eigenvalue weighted by molar-refractivity contribution is 0.00731. The number of ether oxygens (including phenoxy) is 1. The number of methoxy groups -OCH3 is 1. The summed E-state index contributed by atoms with van der Waals surface area (Å²) in [6.45, 7) is 2.19. The lowest BCUT2D eigenvalue weighted by Crippen LogP contribution is -2.19. The Morgan fingerprint density at radius 2 is 2.18 bits per heavy atom. The maximum atomic E-state index is 5.04. The highest BCUT2D eigenvalue weighted by molar-refractivity contribution is 7.98. The predicted molar refractivity (Wildman–Crippen MR) is 48.8 cm³/mol. The van der Waals surface area contributed by atoms with Crippen molar-refractivity contribution in [3.05, 3.63) is 0 Å². The molecule has 3 nitrogen and oxygen atoms in total. The summed E-state index contributed by atoms with van der Waals surface area (Å²) in [4.78, 5) is 5.04. The largest absolute Gasteiger partial charge is 0.382 e. The lowest BCUT2D eigenvalue weighted by atomic mass is 10.5. The third-order valence-electron chi connectivity index (χ3n) is 1.12. The van der Waals surface area contributed by atoms with Crippen LogP contribution >= 0.6 is 11.8 Å². The average molecular weight is 179 g/mol. The maximum Gasteiger partial charge on any atom is 0.0915 e. The molecule has 0 aliphatic heterocycles. The van der Waals surface area contributed by atoms with Crippen molar-refractivity contribution in [3.8, 4) is 0 Å². The van der Waals surface area contributed by atoms with Crippen molar-refractivity contribution >= 4 is 11.8 Å². The summed E-state index contributed by atoms with van der Waals surface area (Å²) in [7, 11) is 1.66. The van der Waals surface area contributed by atoms with Crippen LogP contribution in [0.15, 0.2) is 0 Å². The molecule has 0 aliphatic carbocycles. The average Bonchev–Trinajstić information content (AvgIpc) is 2.03. The molecule has 68 valence electrons. The molecule has 0 rings (SSSR count). The topological polar surface area (TPSA) is 30.5 Å². The molecule has 0 spiro atoms. The smallest absolute Gasteiger partial charge is 0.0915 e.